The molecule has 1 heterocycles. The lowest BCUT2D eigenvalue weighted by molar-refractivity contribution is 0.0529. The molecule has 0 unspecified atom stereocenters. The van der Waals surface area contributed by atoms with Gasteiger partial charge in [0.05, 0.1) is 28.8 Å². The number of fused-ring (bicyclic) bond motifs is 3. The molecule has 0 N–H and O–H groups in total. The highest BCUT2D eigenvalue weighted by Crippen LogP contribution is 2.38. The molecule has 0 amide bonds. The molecule has 0 fully saturated rings. The van der Waals surface area contributed by atoms with Crippen molar-refractivity contribution >= 4 is 16.9 Å². The van der Waals surface area contributed by atoms with Crippen LogP contribution in [-0.4, -0.2) is 22.4 Å². The fourth-order valence-electron chi connectivity index (χ4n) is 3.58. The van der Waals surface area contributed by atoms with Gasteiger partial charge in [-0.05, 0) is 36.6 Å². The third kappa shape index (κ3) is 2.84. The molecular formula is C23H17N3O3. The monoisotopic (exact) mass is 383 g/mol. The molecule has 2 aliphatic carbocycles. The van der Waals surface area contributed by atoms with Crippen LogP contribution in [0.15, 0.2) is 59.4 Å². The van der Waals surface area contributed by atoms with Crippen LogP contribution in [0.25, 0.3) is 27.7 Å². The van der Waals surface area contributed by atoms with Crippen molar-refractivity contribution in [3.8, 4) is 22.9 Å². The third-order valence-electron chi connectivity index (χ3n) is 4.83. The van der Waals surface area contributed by atoms with Gasteiger partial charge in [-0.2, -0.15) is 10.4 Å². The smallest absolute Gasteiger partial charge is 0.340 e. The Balaban J connectivity index is 2.30. The first kappa shape index (κ1) is 18.4. The molecule has 0 bridgehead atoms. The van der Waals surface area contributed by atoms with E-state index in [-0.39, 0.29) is 23.3 Å². The summed E-state index contributed by atoms with van der Waals surface area (Å²) < 4.78 is 6.81. The zero-order valence-electron chi connectivity index (χ0n) is 16.0. The molecule has 0 atom stereocenters. The average Bonchev–Trinajstić information content (AvgIpc) is 2.86. The molecule has 0 aliphatic heterocycles. The number of nitrogens with zero attached hydrogens (tertiary/aromatic N) is 3. The number of carbonyl (C=O) groups is 1. The summed E-state index contributed by atoms with van der Waals surface area (Å²) in [7, 11) is 0. The Morgan fingerprint density at radius 1 is 1.10 bits per heavy atom. The average molecular weight is 383 g/mol. The minimum absolute atomic E-state index is 0.199. The molecular weight excluding hydrogens is 366 g/mol. The fourth-order valence-corrected chi connectivity index (χ4v) is 3.58. The van der Waals surface area contributed by atoms with E-state index in [1.54, 1.807) is 31.2 Å². The zero-order valence-corrected chi connectivity index (χ0v) is 16.0. The first-order chi connectivity index (χ1) is 14.1. The summed E-state index contributed by atoms with van der Waals surface area (Å²) in [5.74, 6) is -0.535. The summed E-state index contributed by atoms with van der Waals surface area (Å²) in [6.07, 6.45) is 0. The predicted molar refractivity (Wildman–Crippen MR) is 109 cm³/mol. The number of ether oxygens (including phenoxy) is 1. The van der Waals surface area contributed by atoms with Crippen molar-refractivity contribution in [3.63, 3.8) is 0 Å². The molecule has 0 saturated heterocycles. The van der Waals surface area contributed by atoms with E-state index in [1.807, 2.05) is 43.3 Å². The summed E-state index contributed by atoms with van der Waals surface area (Å²) in [6, 6.07) is 18.3. The second kappa shape index (κ2) is 7.21. The Morgan fingerprint density at radius 2 is 1.79 bits per heavy atom. The largest absolute Gasteiger partial charge is 0.462 e. The number of benzene rings is 1. The highest BCUT2D eigenvalue weighted by molar-refractivity contribution is 6.17. The molecule has 6 heteroatoms. The lowest BCUT2D eigenvalue weighted by Gasteiger charge is -2.12. The Labute approximate surface area is 166 Å². The lowest BCUT2D eigenvalue weighted by atomic mass is 10.1. The number of rotatable bonds is 3. The molecule has 6 nitrogen and oxygen atoms in total. The predicted octanol–water partition coefficient (Wildman–Crippen LogP) is 3.85. The van der Waals surface area contributed by atoms with Crippen molar-refractivity contribution in [2.75, 3.05) is 6.61 Å². The topological polar surface area (TPSA) is 85.0 Å². The van der Waals surface area contributed by atoms with Gasteiger partial charge in [-0.1, -0.05) is 48.5 Å². The quantitative estimate of drug-likeness (QED) is 0.502. The molecule has 1 aromatic carbocycles. The Morgan fingerprint density at radius 3 is 2.48 bits per heavy atom. The van der Waals surface area contributed by atoms with Gasteiger partial charge in [-0.3, -0.25) is 4.79 Å². The van der Waals surface area contributed by atoms with E-state index in [2.05, 4.69) is 5.10 Å². The Bertz CT molecular complexity index is 1330. The normalized spacial score (nSPS) is 10.8. The van der Waals surface area contributed by atoms with E-state index in [0.29, 0.717) is 22.3 Å². The summed E-state index contributed by atoms with van der Waals surface area (Å²) >= 11 is 0. The van der Waals surface area contributed by atoms with Crippen molar-refractivity contribution in [1.29, 1.82) is 5.26 Å². The van der Waals surface area contributed by atoms with E-state index >= 15 is 0 Å². The number of carbonyl (C=O) groups excluding carboxylic acids is 1. The van der Waals surface area contributed by atoms with Crippen LogP contribution in [0, 0.1) is 18.3 Å². The van der Waals surface area contributed by atoms with Crippen LogP contribution in [-0.2, 0) is 4.74 Å². The highest BCUT2D eigenvalue weighted by atomic mass is 16.5. The van der Waals surface area contributed by atoms with E-state index < -0.39 is 11.4 Å². The summed E-state index contributed by atoms with van der Waals surface area (Å²) in [5.41, 5.74) is 2.62. The SMILES string of the molecule is CCOC(=O)c1c2cccccc-2c2c(=O)c(C#N)nn(-c3ccccc3C)c12. The van der Waals surface area contributed by atoms with E-state index in [9.17, 15) is 14.9 Å². The summed E-state index contributed by atoms with van der Waals surface area (Å²) in [4.78, 5) is 26.0. The number of aryl methyl sites for hydroxylation is 1. The van der Waals surface area contributed by atoms with Crippen LogP contribution in [0.4, 0.5) is 0 Å². The van der Waals surface area contributed by atoms with Gasteiger partial charge in [0, 0.05) is 0 Å². The zero-order chi connectivity index (χ0) is 20.5. The van der Waals surface area contributed by atoms with Crippen molar-refractivity contribution in [2.24, 2.45) is 0 Å². The lowest BCUT2D eigenvalue weighted by Crippen LogP contribution is -2.18. The van der Waals surface area contributed by atoms with Crippen LogP contribution in [0.1, 0.15) is 28.5 Å². The Kier molecular flexibility index (Phi) is 4.57. The molecule has 142 valence electrons. The standard InChI is InChI=1S/C23H17N3O3/c1-3-29-23(28)20-16-11-6-4-5-10-15(16)19-21(20)26(25-17(13-24)22(19)27)18-12-8-7-9-14(18)2/h4-12H,3H2,1-2H3. The van der Waals surface area contributed by atoms with Gasteiger partial charge >= 0.3 is 5.97 Å². The number of esters is 1. The van der Waals surface area contributed by atoms with Gasteiger partial charge < -0.3 is 4.74 Å². The van der Waals surface area contributed by atoms with Gasteiger partial charge in [-0.25, -0.2) is 9.48 Å². The van der Waals surface area contributed by atoms with Gasteiger partial charge in [0.15, 0.2) is 0 Å². The maximum absolute atomic E-state index is 13.1. The van der Waals surface area contributed by atoms with E-state index in [4.69, 9.17) is 4.74 Å². The fraction of sp³-hybridized carbons (Fsp3) is 0.130. The third-order valence-corrected chi connectivity index (χ3v) is 4.83. The molecule has 4 rings (SSSR count). The molecule has 0 spiro atoms. The maximum Gasteiger partial charge on any atom is 0.340 e. The van der Waals surface area contributed by atoms with Crippen molar-refractivity contribution in [3.05, 3.63) is 81.6 Å². The van der Waals surface area contributed by atoms with E-state index in [0.717, 1.165) is 5.56 Å². The van der Waals surface area contributed by atoms with Crippen LogP contribution >= 0.6 is 0 Å². The van der Waals surface area contributed by atoms with Crippen LogP contribution in [0.5, 0.6) is 0 Å². The minimum atomic E-state index is -0.535. The maximum atomic E-state index is 13.1. The molecule has 0 radical (unpaired) electrons. The first-order valence-corrected chi connectivity index (χ1v) is 9.19. The minimum Gasteiger partial charge on any atom is -0.462 e. The van der Waals surface area contributed by atoms with Crippen LogP contribution in [0.3, 0.4) is 0 Å². The second-order valence-corrected chi connectivity index (χ2v) is 6.54. The molecule has 2 aliphatic rings. The van der Waals surface area contributed by atoms with Crippen LogP contribution < -0.4 is 5.43 Å². The number of aromatic nitrogens is 2. The molecule has 1 aromatic heterocycles. The van der Waals surface area contributed by atoms with Gasteiger partial charge in [0.25, 0.3) is 0 Å². The number of para-hydroxylation sites is 1. The first-order valence-electron chi connectivity index (χ1n) is 9.19. The van der Waals surface area contributed by atoms with Crippen molar-refractivity contribution in [2.45, 2.75) is 13.8 Å². The highest BCUT2D eigenvalue weighted by Gasteiger charge is 2.29. The molecule has 29 heavy (non-hydrogen) atoms. The van der Waals surface area contributed by atoms with E-state index in [1.165, 1.54) is 4.68 Å². The number of hydrogen-bond acceptors (Lipinski definition) is 5. The second-order valence-electron chi connectivity index (χ2n) is 6.54. The number of nitriles is 1. The molecule has 2 aromatic rings. The van der Waals surface area contributed by atoms with Crippen molar-refractivity contribution in [1.82, 2.24) is 9.78 Å². The summed E-state index contributed by atoms with van der Waals surface area (Å²) in [6.45, 7) is 3.83. The Hall–Kier alpha value is -3.98. The van der Waals surface area contributed by atoms with Gasteiger partial charge in [-0.15, -0.1) is 0 Å². The summed E-state index contributed by atoms with van der Waals surface area (Å²) in [5, 5.41) is 14.1. The number of hydrogen-bond donors (Lipinski definition) is 0. The van der Waals surface area contributed by atoms with Gasteiger partial charge in [0.2, 0.25) is 11.1 Å². The van der Waals surface area contributed by atoms with Gasteiger partial charge in [0.1, 0.15) is 6.07 Å². The van der Waals surface area contributed by atoms with Crippen molar-refractivity contribution < 1.29 is 9.53 Å². The van der Waals surface area contributed by atoms with Crippen LogP contribution in [0.2, 0.25) is 0 Å². The molecule has 0 saturated carbocycles.